The molecule has 2 atom stereocenters. The van der Waals surface area contributed by atoms with Gasteiger partial charge >= 0.3 is 5.97 Å². The number of rotatable bonds is 70. The van der Waals surface area contributed by atoms with Crippen molar-refractivity contribution in [1.29, 1.82) is 0 Å². The summed E-state index contributed by atoms with van der Waals surface area (Å²) in [5.41, 5.74) is 0. The molecule has 0 radical (unpaired) electrons. The van der Waals surface area contributed by atoms with E-state index in [2.05, 4.69) is 31.3 Å². The van der Waals surface area contributed by atoms with Gasteiger partial charge in [-0.3, -0.25) is 9.59 Å². The molecule has 2 unspecified atom stereocenters. The highest BCUT2D eigenvalue weighted by molar-refractivity contribution is 5.76. The molecular formula is C75H145NO5. The fourth-order valence-corrected chi connectivity index (χ4v) is 11.8. The van der Waals surface area contributed by atoms with Crippen molar-refractivity contribution < 1.29 is 24.5 Å². The maximum Gasteiger partial charge on any atom is 0.305 e. The Hall–Kier alpha value is -1.66. The van der Waals surface area contributed by atoms with E-state index >= 15 is 0 Å². The van der Waals surface area contributed by atoms with E-state index in [9.17, 15) is 19.8 Å². The zero-order valence-corrected chi connectivity index (χ0v) is 55.0. The number of hydrogen-bond donors (Lipinski definition) is 3. The first-order valence-corrected chi connectivity index (χ1v) is 37.1. The minimum absolute atomic E-state index is 0.0118. The summed E-state index contributed by atoms with van der Waals surface area (Å²) in [5, 5.41) is 23.3. The minimum Gasteiger partial charge on any atom is -0.466 e. The summed E-state index contributed by atoms with van der Waals surface area (Å²) in [6.45, 7) is 4.93. The van der Waals surface area contributed by atoms with Crippen LogP contribution < -0.4 is 5.32 Å². The van der Waals surface area contributed by atoms with Crippen molar-refractivity contribution in [3.8, 4) is 0 Å². The monoisotopic (exact) mass is 1140 g/mol. The molecule has 0 aromatic carbocycles. The molecule has 3 N–H and O–H groups in total. The van der Waals surface area contributed by atoms with Gasteiger partial charge in [0, 0.05) is 12.8 Å². The van der Waals surface area contributed by atoms with Crippen LogP contribution in [0.3, 0.4) is 0 Å². The molecule has 1 amide bonds. The van der Waals surface area contributed by atoms with Crippen LogP contribution in [0.25, 0.3) is 0 Å². The highest BCUT2D eigenvalue weighted by atomic mass is 16.5. The average molecular weight is 1140 g/mol. The summed E-state index contributed by atoms with van der Waals surface area (Å²) in [7, 11) is 0. The molecule has 0 heterocycles. The molecule has 0 spiro atoms. The van der Waals surface area contributed by atoms with Crippen LogP contribution in [0.2, 0.25) is 0 Å². The third-order valence-electron chi connectivity index (χ3n) is 17.5. The van der Waals surface area contributed by atoms with E-state index in [-0.39, 0.29) is 18.5 Å². The summed E-state index contributed by atoms with van der Waals surface area (Å²) in [5.74, 6) is -0.0477. The minimum atomic E-state index is -0.842. The number of hydrogen-bond acceptors (Lipinski definition) is 5. The lowest BCUT2D eigenvalue weighted by Gasteiger charge is -2.20. The summed E-state index contributed by atoms with van der Waals surface area (Å²) in [6, 6.07) is -0.625. The summed E-state index contributed by atoms with van der Waals surface area (Å²) >= 11 is 0. The van der Waals surface area contributed by atoms with Gasteiger partial charge in [-0.05, 0) is 57.8 Å². The Morgan fingerprint density at radius 1 is 0.333 bits per heavy atom. The molecule has 0 rings (SSSR count). The Morgan fingerprint density at radius 2 is 0.580 bits per heavy atom. The van der Waals surface area contributed by atoms with Crippen LogP contribution in [0.5, 0.6) is 0 Å². The highest BCUT2D eigenvalue weighted by Gasteiger charge is 2.18. The molecule has 0 saturated carbocycles. The normalized spacial score (nSPS) is 12.6. The number of aliphatic hydroxyl groups is 2. The van der Waals surface area contributed by atoms with Crippen LogP contribution >= 0.6 is 0 Å². The lowest BCUT2D eigenvalue weighted by molar-refractivity contribution is -0.143. The van der Waals surface area contributed by atoms with Gasteiger partial charge in [0.2, 0.25) is 5.91 Å². The van der Waals surface area contributed by atoms with E-state index in [0.717, 1.165) is 44.9 Å². The number of carbonyl (C=O) groups is 2. The van der Waals surface area contributed by atoms with Gasteiger partial charge in [-0.25, -0.2) is 0 Å². The maximum absolute atomic E-state index is 12.5. The molecule has 0 bridgehead atoms. The van der Waals surface area contributed by atoms with Crippen LogP contribution in [0.15, 0.2) is 24.3 Å². The zero-order chi connectivity index (χ0) is 58.5. The number of amides is 1. The topological polar surface area (TPSA) is 95.9 Å². The Morgan fingerprint density at radius 3 is 0.889 bits per heavy atom. The molecule has 0 aromatic rings. The molecule has 0 aliphatic rings. The molecule has 0 saturated heterocycles. The van der Waals surface area contributed by atoms with Gasteiger partial charge in [-0.2, -0.15) is 0 Å². The summed E-state index contributed by atoms with van der Waals surface area (Å²) in [6.07, 6.45) is 89.9. The number of allylic oxidation sites excluding steroid dienone is 3. The van der Waals surface area contributed by atoms with Gasteiger partial charge in [0.15, 0.2) is 0 Å². The van der Waals surface area contributed by atoms with Crippen molar-refractivity contribution in [2.24, 2.45) is 0 Å². The molecule has 0 aliphatic carbocycles. The van der Waals surface area contributed by atoms with Crippen LogP contribution in [0.1, 0.15) is 418 Å². The fraction of sp³-hybridized carbons (Fsp3) is 0.920. The molecule has 480 valence electrons. The third-order valence-corrected chi connectivity index (χ3v) is 17.5. The van der Waals surface area contributed by atoms with E-state index in [4.69, 9.17) is 4.74 Å². The molecule has 81 heavy (non-hydrogen) atoms. The van der Waals surface area contributed by atoms with E-state index in [1.54, 1.807) is 6.08 Å². The molecule has 6 nitrogen and oxygen atoms in total. The Bertz CT molecular complexity index is 1270. The van der Waals surface area contributed by atoms with Gasteiger partial charge in [0.1, 0.15) is 0 Å². The second kappa shape index (κ2) is 70.8. The smallest absolute Gasteiger partial charge is 0.305 e. The lowest BCUT2D eigenvalue weighted by Crippen LogP contribution is -2.45. The van der Waals surface area contributed by atoms with Gasteiger partial charge in [-0.1, -0.05) is 372 Å². The van der Waals surface area contributed by atoms with Crippen molar-refractivity contribution in [3.05, 3.63) is 24.3 Å². The highest BCUT2D eigenvalue weighted by Crippen LogP contribution is 2.19. The van der Waals surface area contributed by atoms with Crippen molar-refractivity contribution in [2.45, 2.75) is 431 Å². The van der Waals surface area contributed by atoms with Gasteiger partial charge in [0.05, 0.1) is 25.4 Å². The average Bonchev–Trinajstić information content (AvgIpc) is 3.47. The number of ether oxygens (including phenoxy) is 1. The second-order valence-electron chi connectivity index (χ2n) is 25.6. The van der Waals surface area contributed by atoms with E-state index < -0.39 is 12.1 Å². The van der Waals surface area contributed by atoms with E-state index in [1.807, 2.05) is 6.08 Å². The molecule has 6 heteroatoms. The number of nitrogens with one attached hydrogen (secondary N) is 1. The third kappa shape index (κ3) is 67.3. The Kier molecular flexibility index (Phi) is 69.4. The zero-order valence-electron chi connectivity index (χ0n) is 55.0. The fourth-order valence-electron chi connectivity index (χ4n) is 11.8. The van der Waals surface area contributed by atoms with Crippen LogP contribution in [0, 0.1) is 0 Å². The van der Waals surface area contributed by atoms with E-state index in [1.165, 1.54) is 347 Å². The van der Waals surface area contributed by atoms with Gasteiger partial charge in [0.25, 0.3) is 0 Å². The first kappa shape index (κ1) is 79.3. The van der Waals surface area contributed by atoms with Crippen LogP contribution in [-0.2, 0) is 14.3 Å². The Balaban J connectivity index is 3.35. The molecule has 0 aromatic heterocycles. The standard InChI is InChI=1S/C75H145NO5/c1-3-5-7-9-11-13-15-17-18-19-20-34-37-40-44-47-51-55-59-63-67-73(78)72(71-77)76-74(79)68-64-60-56-52-48-45-41-38-35-32-30-28-26-24-22-21-23-25-27-29-31-33-36-39-42-46-50-54-58-62-66-70-81-75(80)69-65-61-57-53-49-43-16-14-12-10-8-6-4-2/h14,16,63,67,72-73,77-78H,3-13,15,17-62,64-66,68-71H2,1-2H3,(H,76,79)/b16-14-,67-63+. The summed E-state index contributed by atoms with van der Waals surface area (Å²) < 4.78 is 5.48. The SMILES string of the molecule is CCCCCC/C=C\CCCCCCCC(=O)OCCCCCCCCCCCCCCCCCCCCCCCCCCCCCCCCCC(=O)NC(CO)C(O)/C=C/CCCCCCCCCCCCCCCCCCCC. The predicted octanol–water partition coefficient (Wildman–Crippen LogP) is 24.1. The van der Waals surface area contributed by atoms with Crippen LogP contribution in [-0.4, -0.2) is 47.4 Å². The number of esters is 1. The molecule has 0 fully saturated rings. The lowest BCUT2D eigenvalue weighted by atomic mass is 10.0. The van der Waals surface area contributed by atoms with E-state index in [0.29, 0.717) is 19.4 Å². The maximum atomic E-state index is 12.5. The predicted molar refractivity (Wildman–Crippen MR) is 356 cm³/mol. The Labute approximate surface area is 507 Å². The largest absolute Gasteiger partial charge is 0.466 e. The second-order valence-corrected chi connectivity index (χ2v) is 25.6. The van der Waals surface area contributed by atoms with Crippen molar-refractivity contribution in [3.63, 3.8) is 0 Å². The van der Waals surface area contributed by atoms with Gasteiger partial charge in [-0.15, -0.1) is 0 Å². The van der Waals surface area contributed by atoms with Crippen molar-refractivity contribution in [2.75, 3.05) is 13.2 Å². The molecule has 0 aliphatic heterocycles. The molecular weight excluding hydrogens is 995 g/mol. The number of carbonyl (C=O) groups excluding carboxylic acids is 2. The van der Waals surface area contributed by atoms with Crippen LogP contribution in [0.4, 0.5) is 0 Å². The van der Waals surface area contributed by atoms with Crippen molar-refractivity contribution >= 4 is 11.9 Å². The summed E-state index contributed by atoms with van der Waals surface area (Å²) in [4.78, 5) is 24.6. The number of aliphatic hydroxyl groups excluding tert-OH is 2. The quantitative estimate of drug-likeness (QED) is 0.0320. The first-order valence-electron chi connectivity index (χ1n) is 37.1. The first-order chi connectivity index (χ1) is 40.0. The number of unbranched alkanes of at least 4 members (excludes halogenated alkanes) is 57. The van der Waals surface area contributed by atoms with Crippen molar-refractivity contribution in [1.82, 2.24) is 5.32 Å². The van der Waals surface area contributed by atoms with Gasteiger partial charge < -0.3 is 20.3 Å².